The number of carbonyl (C=O) groups excluding carboxylic acids is 2. The molecule has 1 aliphatic heterocycles. The van der Waals surface area contributed by atoms with Crippen LogP contribution in [-0.4, -0.2) is 53.9 Å². The monoisotopic (exact) mass is 535 g/mol. The molecule has 0 bridgehead atoms. The lowest BCUT2D eigenvalue weighted by Crippen LogP contribution is -2.33. The number of carbonyl (C=O) groups is 3. The molecule has 3 aromatic rings. The molecule has 0 aliphatic carbocycles. The number of unbranched alkanes of at least 4 members (excludes halogenated alkanes) is 2. The highest BCUT2D eigenvalue weighted by molar-refractivity contribution is 7.09. The maximum absolute atomic E-state index is 13.5. The molecule has 10 heteroatoms. The average molecular weight is 536 g/mol. The number of aromatic carboxylic acids is 1. The predicted octanol–water partition coefficient (Wildman–Crippen LogP) is 5.34. The Morgan fingerprint density at radius 3 is 2.42 bits per heavy atom. The van der Waals surface area contributed by atoms with Gasteiger partial charge in [0.15, 0.2) is 0 Å². The van der Waals surface area contributed by atoms with Gasteiger partial charge in [-0.05, 0) is 43.5 Å². The number of carboxylic acids is 1. The predicted molar refractivity (Wildman–Crippen MR) is 146 cm³/mol. The van der Waals surface area contributed by atoms with E-state index in [1.54, 1.807) is 36.5 Å². The summed E-state index contributed by atoms with van der Waals surface area (Å²) in [4.78, 5) is 50.1. The number of hydrogen-bond donors (Lipinski definition) is 1. The summed E-state index contributed by atoms with van der Waals surface area (Å²) in [5, 5.41) is 12.0. The molecule has 0 unspecified atom stereocenters. The Hall–Kier alpha value is -3.79. The Labute approximate surface area is 226 Å². The van der Waals surface area contributed by atoms with Crippen molar-refractivity contribution < 1.29 is 19.5 Å². The van der Waals surface area contributed by atoms with E-state index in [2.05, 4.69) is 16.9 Å². The normalized spacial score (nSPS) is 14.8. The maximum Gasteiger partial charge on any atom is 0.335 e. The first kappa shape index (κ1) is 27.3. The Morgan fingerprint density at radius 2 is 1.79 bits per heavy atom. The number of thiazole rings is 1. The Kier molecular flexibility index (Phi) is 8.73. The van der Waals surface area contributed by atoms with Gasteiger partial charge in [0, 0.05) is 24.9 Å². The third kappa shape index (κ3) is 6.02. The van der Waals surface area contributed by atoms with Gasteiger partial charge in [-0.25, -0.2) is 19.6 Å². The van der Waals surface area contributed by atoms with Gasteiger partial charge in [0.1, 0.15) is 11.5 Å². The van der Waals surface area contributed by atoms with Crippen LogP contribution in [0.3, 0.4) is 0 Å². The summed E-state index contributed by atoms with van der Waals surface area (Å²) in [6.45, 7) is 7.11. The zero-order valence-corrected chi connectivity index (χ0v) is 22.8. The summed E-state index contributed by atoms with van der Waals surface area (Å²) in [5.74, 6) is -0.410. The molecule has 0 spiro atoms. The second-order valence-electron chi connectivity index (χ2n) is 9.36. The Balaban J connectivity index is 1.72. The van der Waals surface area contributed by atoms with Crippen molar-refractivity contribution in [1.82, 2.24) is 24.3 Å². The minimum Gasteiger partial charge on any atom is -0.478 e. The molecule has 0 atom stereocenters. The molecule has 2 aromatic heterocycles. The smallest absolute Gasteiger partial charge is 0.335 e. The number of nitrogens with zero attached hydrogens (tertiary/aromatic N) is 5. The summed E-state index contributed by atoms with van der Waals surface area (Å²) < 4.78 is 2.04. The molecule has 0 saturated carbocycles. The first-order valence-electron chi connectivity index (χ1n) is 12.9. The van der Waals surface area contributed by atoms with Crippen molar-refractivity contribution >= 4 is 35.3 Å². The standard InChI is InChI=1S/C28H33N5O4S/c1-4-6-8-25-29-15-23(32(25)16-20-9-11-21(12-10-20)27(35)36)14-24-26(34)31(13-7-5-2)28(37)33(24)17-22-18-38-19(3)30-22/h9-12,14-15,18H,4-8,13,16-17H2,1-3H3,(H,35,36)/b24-14-. The van der Waals surface area contributed by atoms with E-state index in [0.29, 0.717) is 24.5 Å². The van der Waals surface area contributed by atoms with E-state index in [1.807, 2.05) is 23.8 Å². The van der Waals surface area contributed by atoms with Crippen LogP contribution in [0.1, 0.15) is 77.7 Å². The topological polar surface area (TPSA) is 109 Å². The Bertz CT molecular complexity index is 1340. The van der Waals surface area contributed by atoms with Crippen LogP contribution in [0.2, 0.25) is 0 Å². The number of imide groups is 1. The molecular formula is C28H33N5O4S. The fourth-order valence-corrected chi connectivity index (χ4v) is 4.98. The van der Waals surface area contributed by atoms with Gasteiger partial charge in [-0.3, -0.25) is 14.6 Å². The zero-order valence-electron chi connectivity index (χ0n) is 22.0. The van der Waals surface area contributed by atoms with Crippen LogP contribution in [0.15, 0.2) is 41.5 Å². The van der Waals surface area contributed by atoms with Crippen molar-refractivity contribution in [3.05, 3.63) is 74.9 Å². The lowest BCUT2D eigenvalue weighted by Gasteiger charge is -2.16. The second kappa shape index (κ2) is 12.2. The summed E-state index contributed by atoms with van der Waals surface area (Å²) in [6, 6.07) is 6.42. The van der Waals surface area contributed by atoms with Crippen LogP contribution in [0.5, 0.6) is 0 Å². The lowest BCUT2D eigenvalue weighted by atomic mass is 10.1. The third-order valence-corrected chi connectivity index (χ3v) is 7.31. The minimum atomic E-state index is -0.972. The van der Waals surface area contributed by atoms with Gasteiger partial charge >= 0.3 is 12.0 Å². The summed E-state index contributed by atoms with van der Waals surface area (Å²) in [5.41, 5.74) is 2.90. The number of amides is 3. The highest BCUT2D eigenvalue weighted by Gasteiger charge is 2.41. The van der Waals surface area contributed by atoms with Crippen molar-refractivity contribution in [2.75, 3.05) is 6.54 Å². The highest BCUT2D eigenvalue weighted by Crippen LogP contribution is 2.27. The van der Waals surface area contributed by atoms with Crippen molar-refractivity contribution in [2.24, 2.45) is 0 Å². The van der Waals surface area contributed by atoms with Gasteiger partial charge in [-0.1, -0.05) is 38.8 Å². The summed E-state index contributed by atoms with van der Waals surface area (Å²) in [6.07, 6.45) is 7.83. The van der Waals surface area contributed by atoms with E-state index in [-0.39, 0.29) is 24.0 Å². The highest BCUT2D eigenvalue weighted by atomic mass is 32.1. The van der Waals surface area contributed by atoms with Crippen LogP contribution >= 0.6 is 11.3 Å². The van der Waals surface area contributed by atoms with E-state index in [0.717, 1.165) is 54.2 Å². The fourth-order valence-electron chi connectivity index (χ4n) is 4.37. The van der Waals surface area contributed by atoms with Gasteiger partial charge < -0.3 is 9.67 Å². The van der Waals surface area contributed by atoms with Gasteiger partial charge in [0.25, 0.3) is 5.91 Å². The van der Waals surface area contributed by atoms with Crippen molar-refractivity contribution in [2.45, 2.75) is 66.0 Å². The number of urea groups is 1. The second-order valence-corrected chi connectivity index (χ2v) is 10.4. The van der Waals surface area contributed by atoms with E-state index in [4.69, 9.17) is 0 Å². The van der Waals surface area contributed by atoms with E-state index >= 15 is 0 Å². The van der Waals surface area contributed by atoms with Gasteiger partial charge in [-0.2, -0.15) is 0 Å². The number of hydrogen-bond acceptors (Lipinski definition) is 6. The van der Waals surface area contributed by atoms with E-state index < -0.39 is 5.97 Å². The first-order valence-corrected chi connectivity index (χ1v) is 13.8. The molecule has 4 rings (SSSR count). The quantitative estimate of drug-likeness (QED) is 0.248. The summed E-state index contributed by atoms with van der Waals surface area (Å²) >= 11 is 1.51. The van der Waals surface area contributed by atoms with Crippen molar-refractivity contribution in [3.8, 4) is 0 Å². The van der Waals surface area contributed by atoms with Crippen LogP contribution < -0.4 is 0 Å². The van der Waals surface area contributed by atoms with Crippen LogP contribution in [0, 0.1) is 6.92 Å². The van der Waals surface area contributed by atoms with Crippen molar-refractivity contribution in [3.63, 3.8) is 0 Å². The molecule has 1 aliphatic rings. The molecule has 1 aromatic carbocycles. The Morgan fingerprint density at radius 1 is 1.05 bits per heavy atom. The number of rotatable bonds is 12. The molecule has 1 saturated heterocycles. The van der Waals surface area contributed by atoms with Gasteiger partial charge in [0.05, 0.1) is 34.7 Å². The lowest BCUT2D eigenvalue weighted by molar-refractivity contribution is -0.123. The number of aromatic nitrogens is 3. The average Bonchev–Trinajstić information content (AvgIpc) is 3.55. The van der Waals surface area contributed by atoms with E-state index in [9.17, 15) is 19.5 Å². The van der Waals surface area contributed by atoms with Crippen LogP contribution in [0.4, 0.5) is 4.79 Å². The van der Waals surface area contributed by atoms with Crippen LogP contribution in [0.25, 0.3) is 6.08 Å². The number of carboxylic acid groups (broad SMARTS) is 1. The molecule has 0 radical (unpaired) electrons. The van der Waals surface area contributed by atoms with Gasteiger partial charge in [-0.15, -0.1) is 11.3 Å². The fraction of sp³-hybridized carbons (Fsp3) is 0.393. The minimum absolute atomic E-state index is 0.219. The third-order valence-electron chi connectivity index (χ3n) is 6.49. The molecule has 38 heavy (non-hydrogen) atoms. The SMILES string of the molecule is CCCCc1ncc(/C=C2/C(=O)N(CCCC)C(=O)N2Cc2csc(C)n2)n1Cc1ccc(C(=O)O)cc1. The van der Waals surface area contributed by atoms with Crippen LogP contribution in [-0.2, 0) is 24.3 Å². The molecule has 3 amide bonds. The molecule has 3 heterocycles. The van der Waals surface area contributed by atoms with E-state index in [1.165, 1.54) is 21.1 Å². The molecule has 1 fully saturated rings. The van der Waals surface area contributed by atoms with Crippen molar-refractivity contribution in [1.29, 1.82) is 0 Å². The number of aryl methyl sites for hydroxylation is 2. The molecule has 200 valence electrons. The number of imidazole rings is 1. The van der Waals surface area contributed by atoms with Gasteiger partial charge in [0.2, 0.25) is 0 Å². The molecular weight excluding hydrogens is 502 g/mol. The first-order chi connectivity index (χ1) is 18.3. The maximum atomic E-state index is 13.5. The largest absolute Gasteiger partial charge is 0.478 e. The summed E-state index contributed by atoms with van der Waals surface area (Å²) in [7, 11) is 0. The zero-order chi connectivity index (χ0) is 27.2. The number of benzene rings is 1. The molecule has 9 nitrogen and oxygen atoms in total. The molecule has 1 N–H and O–H groups in total.